The van der Waals surface area contributed by atoms with Crippen molar-refractivity contribution in [2.75, 3.05) is 6.61 Å². The van der Waals surface area contributed by atoms with Gasteiger partial charge in [-0.25, -0.2) is 0 Å². The lowest BCUT2D eigenvalue weighted by Gasteiger charge is -2.02. The molecule has 0 aliphatic carbocycles. The van der Waals surface area contributed by atoms with Crippen LogP contribution in [0.5, 0.6) is 0 Å². The van der Waals surface area contributed by atoms with Gasteiger partial charge in [-0.3, -0.25) is 9.89 Å². The number of benzene rings is 1. The van der Waals surface area contributed by atoms with Crippen molar-refractivity contribution in [2.45, 2.75) is 13.3 Å². The van der Waals surface area contributed by atoms with E-state index in [2.05, 4.69) is 10.2 Å². The molecule has 0 aliphatic rings. The van der Waals surface area contributed by atoms with E-state index in [9.17, 15) is 4.79 Å². The van der Waals surface area contributed by atoms with Crippen LogP contribution in [0.3, 0.4) is 0 Å². The number of fused-ring (bicyclic) bond motifs is 1. The van der Waals surface area contributed by atoms with E-state index in [1.54, 1.807) is 0 Å². The highest BCUT2D eigenvalue weighted by atomic mass is 16.3. The third-order valence-electron chi connectivity index (χ3n) is 2.42. The van der Waals surface area contributed by atoms with Gasteiger partial charge < -0.3 is 5.11 Å². The summed E-state index contributed by atoms with van der Waals surface area (Å²) in [6, 6.07) is 5.58. The van der Waals surface area contributed by atoms with Gasteiger partial charge in [0.25, 0.3) is 0 Å². The molecule has 0 bridgehead atoms. The molecular formula is C11H12N2O2. The first-order valence-corrected chi connectivity index (χ1v) is 4.82. The maximum absolute atomic E-state index is 11.9. The van der Waals surface area contributed by atoms with Gasteiger partial charge in [0.05, 0.1) is 10.9 Å². The van der Waals surface area contributed by atoms with Crippen LogP contribution in [-0.2, 0) is 6.42 Å². The average Bonchev–Trinajstić information content (AvgIpc) is 2.22. The molecule has 0 fully saturated rings. The number of aromatic nitrogens is 2. The number of hydrogen-bond donors (Lipinski definition) is 2. The highest BCUT2D eigenvalue weighted by Gasteiger charge is 2.07. The zero-order valence-electron chi connectivity index (χ0n) is 8.45. The highest BCUT2D eigenvalue weighted by molar-refractivity contribution is 5.81. The molecule has 15 heavy (non-hydrogen) atoms. The predicted molar refractivity (Wildman–Crippen MR) is 57.9 cm³/mol. The first-order chi connectivity index (χ1) is 7.24. The standard InChI is InChI=1S/C11H12N2O2/c1-7-3-2-4-8-10(7)11(15)9(5-6-14)13-12-8/h2-4,14H,5-6H2,1H3,(H,12,15). The van der Waals surface area contributed by atoms with E-state index in [-0.39, 0.29) is 12.0 Å². The second-order valence-corrected chi connectivity index (χ2v) is 3.47. The minimum atomic E-state index is -0.0871. The second-order valence-electron chi connectivity index (χ2n) is 3.47. The van der Waals surface area contributed by atoms with Crippen molar-refractivity contribution in [1.29, 1.82) is 0 Å². The quantitative estimate of drug-likeness (QED) is 0.759. The Morgan fingerprint density at radius 3 is 3.00 bits per heavy atom. The molecule has 0 atom stereocenters. The predicted octanol–water partition coefficient (Wildman–Crippen LogP) is 0.766. The van der Waals surface area contributed by atoms with Crippen molar-refractivity contribution in [1.82, 2.24) is 10.2 Å². The Kier molecular flexibility index (Phi) is 2.51. The van der Waals surface area contributed by atoms with Crippen LogP contribution in [0.2, 0.25) is 0 Å². The summed E-state index contributed by atoms with van der Waals surface area (Å²) in [5, 5.41) is 16.2. The molecule has 0 saturated heterocycles. The van der Waals surface area contributed by atoms with E-state index in [0.29, 0.717) is 17.5 Å². The van der Waals surface area contributed by atoms with Crippen molar-refractivity contribution in [3.8, 4) is 0 Å². The molecule has 0 unspecified atom stereocenters. The van der Waals surface area contributed by atoms with Gasteiger partial charge in [0, 0.05) is 13.0 Å². The SMILES string of the molecule is Cc1cccc2[nH]nc(CCO)c(=O)c12. The fourth-order valence-electron chi connectivity index (χ4n) is 1.66. The first kappa shape index (κ1) is 9.86. The molecule has 4 heteroatoms. The monoisotopic (exact) mass is 204 g/mol. The first-order valence-electron chi connectivity index (χ1n) is 4.82. The third-order valence-corrected chi connectivity index (χ3v) is 2.42. The number of aromatic amines is 1. The summed E-state index contributed by atoms with van der Waals surface area (Å²) in [6.45, 7) is 1.83. The van der Waals surface area contributed by atoms with Gasteiger partial charge in [0.1, 0.15) is 5.69 Å². The number of H-pyrrole nitrogens is 1. The van der Waals surface area contributed by atoms with Gasteiger partial charge in [-0.1, -0.05) is 12.1 Å². The summed E-state index contributed by atoms with van der Waals surface area (Å²) in [6.07, 6.45) is 0.291. The molecule has 0 aliphatic heterocycles. The van der Waals surface area contributed by atoms with Gasteiger partial charge in [-0.05, 0) is 18.6 Å². The molecule has 78 valence electrons. The van der Waals surface area contributed by atoms with Crippen LogP contribution in [0.4, 0.5) is 0 Å². The molecule has 2 aromatic rings. The third kappa shape index (κ3) is 1.64. The summed E-state index contributed by atoms with van der Waals surface area (Å²) >= 11 is 0. The van der Waals surface area contributed by atoms with E-state index >= 15 is 0 Å². The lowest BCUT2D eigenvalue weighted by molar-refractivity contribution is 0.297. The second kappa shape index (κ2) is 3.82. The summed E-state index contributed by atoms with van der Waals surface area (Å²) in [5.74, 6) is 0. The summed E-state index contributed by atoms with van der Waals surface area (Å²) < 4.78 is 0. The van der Waals surface area contributed by atoms with Crippen LogP contribution in [0.1, 0.15) is 11.3 Å². The van der Waals surface area contributed by atoms with Crippen LogP contribution in [-0.4, -0.2) is 21.9 Å². The molecule has 0 radical (unpaired) electrons. The van der Waals surface area contributed by atoms with Crippen molar-refractivity contribution < 1.29 is 5.11 Å². The fraction of sp³-hybridized carbons (Fsp3) is 0.273. The molecule has 0 amide bonds. The molecule has 1 aromatic carbocycles. The number of aryl methyl sites for hydroxylation is 1. The zero-order chi connectivity index (χ0) is 10.8. The highest BCUT2D eigenvalue weighted by Crippen LogP contribution is 2.11. The van der Waals surface area contributed by atoms with Gasteiger partial charge in [0.15, 0.2) is 0 Å². The normalized spacial score (nSPS) is 10.8. The number of aliphatic hydroxyl groups excluding tert-OH is 1. The van der Waals surface area contributed by atoms with Crippen LogP contribution >= 0.6 is 0 Å². The smallest absolute Gasteiger partial charge is 0.211 e. The van der Waals surface area contributed by atoms with Crippen LogP contribution in [0.15, 0.2) is 23.0 Å². The average molecular weight is 204 g/mol. The molecular weight excluding hydrogens is 192 g/mol. The van der Waals surface area contributed by atoms with E-state index in [1.165, 1.54) is 0 Å². The topological polar surface area (TPSA) is 66.0 Å². The summed E-state index contributed by atoms with van der Waals surface area (Å²) in [7, 11) is 0. The Bertz CT molecular complexity index is 546. The summed E-state index contributed by atoms with van der Waals surface area (Å²) in [5.41, 5.74) is 1.97. The van der Waals surface area contributed by atoms with Gasteiger partial charge in [-0.2, -0.15) is 5.10 Å². The number of aliphatic hydroxyl groups is 1. The van der Waals surface area contributed by atoms with Gasteiger partial charge in [-0.15, -0.1) is 0 Å². The van der Waals surface area contributed by atoms with Crippen LogP contribution in [0, 0.1) is 6.92 Å². The summed E-state index contributed by atoms with van der Waals surface area (Å²) in [4.78, 5) is 11.9. The molecule has 2 rings (SSSR count). The van der Waals surface area contributed by atoms with Crippen molar-refractivity contribution in [3.63, 3.8) is 0 Å². The molecule has 1 aromatic heterocycles. The number of rotatable bonds is 2. The molecule has 2 N–H and O–H groups in total. The van der Waals surface area contributed by atoms with Gasteiger partial charge in [0.2, 0.25) is 5.43 Å². The number of hydrogen-bond acceptors (Lipinski definition) is 3. The van der Waals surface area contributed by atoms with Crippen LogP contribution < -0.4 is 5.43 Å². The van der Waals surface area contributed by atoms with E-state index in [1.807, 2.05) is 25.1 Å². The van der Waals surface area contributed by atoms with E-state index in [0.717, 1.165) is 11.1 Å². The molecule has 1 heterocycles. The Hall–Kier alpha value is -1.68. The van der Waals surface area contributed by atoms with E-state index < -0.39 is 0 Å². The Morgan fingerprint density at radius 2 is 2.27 bits per heavy atom. The fourth-order valence-corrected chi connectivity index (χ4v) is 1.66. The van der Waals surface area contributed by atoms with E-state index in [4.69, 9.17) is 5.11 Å². The molecule has 0 saturated carbocycles. The lowest BCUT2D eigenvalue weighted by Crippen LogP contribution is -2.15. The molecule has 0 spiro atoms. The Balaban J connectivity index is 2.77. The van der Waals surface area contributed by atoms with Crippen molar-refractivity contribution in [3.05, 3.63) is 39.7 Å². The largest absolute Gasteiger partial charge is 0.396 e. The van der Waals surface area contributed by atoms with Gasteiger partial charge >= 0.3 is 0 Å². The number of nitrogens with zero attached hydrogens (tertiary/aromatic N) is 1. The zero-order valence-corrected chi connectivity index (χ0v) is 8.45. The number of nitrogens with one attached hydrogen (secondary N) is 1. The van der Waals surface area contributed by atoms with Crippen molar-refractivity contribution in [2.24, 2.45) is 0 Å². The molecule has 4 nitrogen and oxygen atoms in total. The van der Waals surface area contributed by atoms with Crippen molar-refractivity contribution >= 4 is 10.9 Å². The minimum Gasteiger partial charge on any atom is -0.396 e. The Labute approximate surface area is 86.6 Å². The minimum absolute atomic E-state index is 0.0620. The van der Waals surface area contributed by atoms with Crippen LogP contribution in [0.25, 0.3) is 10.9 Å². The lowest BCUT2D eigenvalue weighted by atomic mass is 10.1. The maximum Gasteiger partial charge on any atom is 0.211 e. The maximum atomic E-state index is 11.9. The Morgan fingerprint density at radius 1 is 1.47 bits per heavy atom.